The molecule has 1 atom stereocenters. The summed E-state index contributed by atoms with van der Waals surface area (Å²) in [6, 6.07) is -0.108. The summed E-state index contributed by atoms with van der Waals surface area (Å²) >= 11 is 0. The van der Waals surface area contributed by atoms with Gasteiger partial charge in [0.05, 0.1) is 23.4 Å². The average Bonchev–Trinajstić information content (AvgIpc) is 2.43. The Bertz CT molecular complexity index is 672. The largest absolute Gasteiger partial charge is 0.516 e. The molecule has 10 heteroatoms. The van der Waals surface area contributed by atoms with E-state index in [1.807, 2.05) is 0 Å². The van der Waals surface area contributed by atoms with Crippen molar-refractivity contribution in [2.75, 3.05) is 0 Å². The highest BCUT2D eigenvalue weighted by molar-refractivity contribution is 5.67. The number of amides is 1. The molecule has 0 heterocycles. The van der Waals surface area contributed by atoms with E-state index in [9.17, 15) is 36.2 Å². The molecule has 0 aliphatic carbocycles. The van der Waals surface area contributed by atoms with Crippen LogP contribution >= 0.6 is 0 Å². The Hall–Kier alpha value is -2.39. The lowest BCUT2D eigenvalue weighted by Gasteiger charge is -2.38. The first-order valence-corrected chi connectivity index (χ1v) is 7.69. The van der Waals surface area contributed by atoms with Gasteiger partial charge in [-0.05, 0) is 57.0 Å². The topological polar surface area (TPSA) is 60.8 Å². The molecular formula is C17H19F6NO3. The third-order valence-corrected chi connectivity index (χ3v) is 3.66. The van der Waals surface area contributed by atoms with Crippen LogP contribution in [0.5, 0.6) is 0 Å². The number of alkyl halides is 6. The Morgan fingerprint density at radius 2 is 1.48 bits per heavy atom. The van der Waals surface area contributed by atoms with E-state index in [-0.39, 0.29) is 11.6 Å². The second kappa shape index (κ2) is 7.69. The Kier molecular flexibility index (Phi) is 6.45. The average molecular weight is 399 g/mol. The minimum absolute atomic E-state index is 0.000882. The molecule has 0 fully saturated rings. The number of aliphatic hydroxyl groups is 1. The van der Waals surface area contributed by atoms with E-state index in [0.29, 0.717) is 18.4 Å². The fourth-order valence-corrected chi connectivity index (χ4v) is 2.65. The predicted molar refractivity (Wildman–Crippen MR) is 85.3 cm³/mol. The zero-order chi connectivity index (χ0) is 21.2. The van der Waals surface area contributed by atoms with Crippen LogP contribution in [0.1, 0.15) is 37.5 Å². The maximum Gasteiger partial charge on any atom is 0.416 e. The summed E-state index contributed by atoms with van der Waals surface area (Å²) in [5.74, 6) is 0. The van der Waals surface area contributed by atoms with E-state index in [4.69, 9.17) is 5.11 Å². The fraction of sp³-hybridized carbons (Fsp3) is 0.471. The van der Waals surface area contributed by atoms with E-state index in [2.05, 4.69) is 0 Å². The van der Waals surface area contributed by atoms with Gasteiger partial charge in [-0.2, -0.15) is 26.3 Å². The van der Waals surface area contributed by atoms with E-state index in [1.165, 1.54) is 20.8 Å². The molecule has 0 saturated heterocycles. The molecule has 27 heavy (non-hydrogen) atoms. The van der Waals surface area contributed by atoms with Gasteiger partial charge in [0.2, 0.25) is 0 Å². The summed E-state index contributed by atoms with van der Waals surface area (Å²) in [7, 11) is 0. The van der Waals surface area contributed by atoms with Gasteiger partial charge in [0.25, 0.3) is 0 Å². The maximum atomic E-state index is 13.0. The van der Waals surface area contributed by atoms with Crippen LogP contribution in [-0.2, 0) is 18.8 Å². The molecule has 1 aromatic carbocycles. The molecule has 0 aromatic heterocycles. The first-order valence-electron chi connectivity index (χ1n) is 7.69. The Morgan fingerprint density at radius 3 is 1.78 bits per heavy atom. The third-order valence-electron chi connectivity index (χ3n) is 3.66. The Balaban J connectivity index is 3.47. The van der Waals surface area contributed by atoms with E-state index >= 15 is 0 Å². The molecule has 0 saturated carbocycles. The van der Waals surface area contributed by atoms with Crippen molar-refractivity contribution < 1.29 is 41.4 Å². The number of aliphatic hydroxyl groups excluding tert-OH is 1. The highest BCUT2D eigenvalue weighted by Crippen LogP contribution is 2.37. The Labute approximate surface area is 151 Å². The summed E-state index contributed by atoms with van der Waals surface area (Å²) < 4.78 is 77.8. The number of hydrogen-bond donors (Lipinski definition) is 2. The number of hydrogen-bond acceptors (Lipinski definition) is 2. The molecule has 1 rings (SSSR count). The second-order valence-electron chi connectivity index (χ2n) is 6.85. The lowest BCUT2D eigenvalue weighted by molar-refractivity contribution is -0.143. The second-order valence-corrected chi connectivity index (χ2v) is 6.85. The van der Waals surface area contributed by atoms with Crippen LogP contribution in [0.3, 0.4) is 0 Å². The van der Waals surface area contributed by atoms with E-state index in [1.54, 1.807) is 0 Å². The van der Waals surface area contributed by atoms with Gasteiger partial charge in [-0.25, -0.2) is 4.79 Å². The van der Waals surface area contributed by atoms with Crippen molar-refractivity contribution in [2.45, 2.75) is 51.1 Å². The van der Waals surface area contributed by atoms with Gasteiger partial charge in [-0.1, -0.05) is 0 Å². The van der Waals surface area contributed by atoms with Gasteiger partial charge < -0.3 is 10.2 Å². The number of nitrogens with zero attached hydrogens (tertiary/aromatic N) is 1. The molecular weight excluding hydrogens is 380 g/mol. The molecule has 1 unspecified atom stereocenters. The summed E-state index contributed by atoms with van der Waals surface area (Å²) in [4.78, 5) is 12.4. The SMILES string of the molecule is CC(C)(C)N(C(=O)O)C(C=CO)Cc1cc(C(F)(F)F)cc(C(F)(F)F)c1. The van der Waals surface area contributed by atoms with Crippen LogP contribution in [0.4, 0.5) is 31.1 Å². The van der Waals surface area contributed by atoms with Crippen LogP contribution in [0.15, 0.2) is 30.5 Å². The molecule has 0 bridgehead atoms. The van der Waals surface area contributed by atoms with Crippen molar-refractivity contribution in [1.29, 1.82) is 0 Å². The highest BCUT2D eigenvalue weighted by Gasteiger charge is 2.38. The maximum absolute atomic E-state index is 13.0. The highest BCUT2D eigenvalue weighted by atomic mass is 19.4. The molecule has 0 radical (unpaired) electrons. The standard InChI is InChI=1S/C17H19F6NO3/c1-15(2,3)24(14(26)27)13(4-5-25)8-10-6-11(16(18,19)20)9-12(7-10)17(21,22)23/h4-7,9,13,25H,8H2,1-3H3,(H,26,27). The van der Waals surface area contributed by atoms with Crippen molar-refractivity contribution in [2.24, 2.45) is 0 Å². The van der Waals surface area contributed by atoms with Crippen LogP contribution < -0.4 is 0 Å². The Morgan fingerprint density at radius 1 is 1.04 bits per heavy atom. The molecule has 0 spiro atoms. The van der Waals surface area contributed by atoms with Crippen molar-refractivity contribution in [3.05, 3.63) is 47.2 Å². The summed E-state index contributed by atoms with van der Waals surface area (Å²) in [6.07, 6.45) is -10.4. The number of carbonyl (C=O) groups is 1. The van der Waals surface area contributed by atoms with Gasteiger partial charge in [-0.15, -0.1) is 0 Å². The third kappa shape index (κ3) is 6.07. The van der Waals surface area contributed by atoms with Crippen molar-refractivity contribution >= 4 is 6.09 Å². The lowest BCUT2D eigenvalue weighted by Crippen LogP contribution is -2.51. The van der Waals surface area contributed by atoms with E-state index in [0.717, 1.165) is 11.0 Å². The molecule has 1 aromatic rings. The molecule has 1 amide bonds. The van der Waals surface area contributed by atoms with Gasteiger partial charge in [-0.3, -0.25) is 4.90 Å². The van der Waals surface area contributed by atoms with Gasteiger partial charge in [0, 0.05) is 5.54 Å². The predicted octanol–water partition coefficient (Wildman–Crippen LogP) is 5.49. The molecule has 0 aliphatic heterocycles. The minimum Gasteiger partial charge on any atom is -0.516 e. The zero-order valence-corrected chi connectivity index (χ0v) is 14.7. The summed E-state index contributed by atoms with van der Waals surface area (Å²) in [6.45, 7) is 4.52. The van der Waals surface area contributed by atoms with Gasteiger partial charge in [0.1, 0.15) is 0 Å². The summed E-state index contributed by atoms with van der Waals surface area (Å²) in [5, 5.41) is 18.4. The number of benzene rings is 1. The van der Waals surface area contributed by atoms with Crippen LogP contribution in [0.2, 0.25) is 0 Å². The first kappa shape index (κ1) is 22.7. The first-order chi connectivity index (χ1) is 12.1. The number of halogens is 6. The quantitative estimate of drug-likeness (QED) is 0.520. The zero-order valence-electron chi connectivity index (χ0n) is 14.7. The normalized spacial score (nSPS) is 14.4. The van der Waals surface area contributed by atoms with E-state index < -0.39 is 47.6 Å². The molecule has 4 nitrogen and oxygen atoms in total. The van der Waals surface area contributed by atoms with Gasteiger partial charge in [0.15, 0.2) is 0 Å². The van der Waals surface area contributed by atoms with Crippen molar-refractivity contribution in [1.82, 2.24) is 4.90 Å². The summed E-state index contributed by atoms with van der Waals surface area (Å²) in [5.41, 5.74) is -4.37. The van der Waals surface area contributed by atoms with Crippen LogP contribution in [-0.4, -0.2) is 32.8 Å². The minimum atomic E-state index is -5.01. The smallest absolute Gasteiger partial charge is 0.416 e. The molecule has 0 aliphatic rings. The van der Waals surface area contributed by atoms with Crippen LogP contribution in [0.25, 0.3) is 0 Å². The monoisotopic (exact) mass is 399 g/mol. The number of rotatable bonds is 4. The van der Waals surface area contributed by atoms with Crippen LogP contribution in [0, 0.1) is 0 Å². The fourth-order valence-electron chi connectivity index (χ4n) is 2.65. The molecule has 152 valence electrons. The number of carboxylic acid groups (broad SMARTS) is 1. The molecule has 2 N–H and O–H groups in total. The van der Waals surface area contributed by atoms with Crippen molar-refractivity contribution in [3.63, 3.8) is 0 Å². The lowest BCUT2D eigenvalue weighted by atomic mass is 9.96. The van der Waals surface area contributed by atoms with Gasteiger partial charge >= 0.3 is 18.4 Å². The van der Waals surface area contributed by atoms with Crippen molar-refractivity contribution in [3.8, 4) is 0 Å².